The molecule has 2 unspecified atom stereocenters. The lowest BCUT2D eigenvalue weighted by atomic mass is 9.94. The van der Waals surface area contributed by atoms with E-state index in [1.165, 1.54) is 18.4 Å². The summed E-state index contributed by atoms with van der Waals surface area (Å²) >= 11 is 0. The Labute approximate surface area is 122 Å². The lowest BCUT2D eigenvalue weighted by Gasteiger charge is -2.33. The van der Waals surface area contributed by atoms with Gasteiger partial charge in [-0.2, -0.15) is 0 Å². The first-order valence-corrected chi connectivity index (χ1v) is 7.77. The second-order valence-electron chi connectivity index (χ2n) is 6.04. The zero-order chi connectivity index (χ0) is 14.4. The minimum Gasteiger partial charge on any atom is -0.396 e. The molecule has 0 radical (unpaired) electrons. The molecular weight excluding hydrogens is 250 g/mol. The van der Waals surface area contributed by atoms with Crippen LogP contribution in [0, 0.1) is 12.8 Å². The Kier molecular flexibility index (Phi) is 6.02. The second-order valence-corrected chi connectivity index (χ2v) is 6.04. The van der Waals surface area contributed by atoms with E-state index in [-0.39, 0.29) is 6.10 Å². The summed E-state index contributed by atoms with van der Waals surface area (Å²) in [5.74, 6) is 0.630. The number of rotatable bonds is 6. The van der Waals surface area contributed by atoms with E-state index in [4.69, 9.17) is 5.11 Å². The monoisotopic (exact) mass is 277 g/mol. The van der Waals surface area contributed by atoms with E-state index in [0.29, 0.717) is 12.5 Å². The van der Waals surface area contributed by atoms with Crippen LogP contribution in [-0.4, -0.2) is 41.4 Å². The Balaban J connectivity index is 1.78. The van der Waals surface area contributed by atoms with E-state index in [1.54, 1.807) is 0 Å². The van der Waals surface area contributed by atoms with Crippen LogP contribution in [0.4, 0.5) is 0 Å². The minimum absolute atomic E-state index is 0.296. The summed E-state index contributed by atoms with van der Waals surface area (Å²) in [6, 6.07) is 8.14. The molecule has 2 N–H and O–H groups in total. The van der Waals surface area contributed by atoms with Gasteiger partial charge < -0.3 is 15.1 Å². The molecular formula is C17H27NO2. The third-order valence-electron chi connectivity index (χ3n) is 4.32. The van der Waals surface area contributed by atoms with E-state index in [2.05, 4.69) is 24.0 Å². The van der Waals surface area contributed by atoms with E-state index >= 15 is 0 Å². The van der Waals surface area contributed by atoms with Gasteiger partial charge in [0.15, 0.2) is 0 Å². The Morgan fingerprint density at radius 1 is 1.30 bits per heavy atom. The average Bonchev–Trinajstić information content (AvgIpc) is 2.46. The largest absolute Gasteiger partial charge is 0.396 e. The number of nitrogens with zero attached hydrogens (tertiary/aromatic N) is 1. The summed E-state index contributed by atoms with van der Waals surface area (Å²) < 4.78 is 0. The summed E-state index contributed by atoms with van der Waals surface area (Å²) in [7, 11) is 0. The number of likely N-dealkylation sites (tertiary alicyclic amines) is 1. The molecule has 2 rings (SSSR count). The molecule has 1 heterocycles. The van der Waals surface area contributed by atoms with Gasteiger partial charge in [-0.25, -0.2) is 0 Å². The molecule has 112 valence electrons. The lowest BCUT2D eigenvalue weighted by Crippen LogP contribution is -2.36. The number of hydrogen-bond acceptors (Lipinski definition) is 3. The van der Waals surface area contributed by atoms with Gasteiger partial charge in [0.1, 0.15) is 0 Å². The molecule has 0 aliphatic carbocycles. The van der Waals surface area contributed by atoms with Crippen LogP contribution >= 0.6 is 0 Å². The van der Waals surface area contributed by atoms with Gasteiger partial charge >= 0.3 is 0 Å². The number of benzene rings is 1. The van der Waals surface area contributed by atoms with Gasteiger partial charge in [-0.15, -0.1) is 0 Å². The van der Waals surface area contributed by atoms with Crippen LogP contribution in [0.2, 0.25) is 0 Å². The fourth-order valence-corrected chi connectivity index (χ4v) is 3.03. The molecule has 1 aliphatic rings. The van der Waals surface area contributed by atoms with Gasteiger partial charge in [0, 0.05) is 19.7 Å². The Morgan fingerprint density at radius 3 is 2.75 bits per heavy atom. The number of aliphatic hydroxyl groups excluding tert-OH is 2. The highest BCUT2D eigenvalue weighted by Crippen LogP contribution is 2.22. The van der Waals surface area contributed by atoms with Crippen molar-refractivity contribution in [3.63, 3.8) is 0 Å². The van der Waals surface area contributed by atoms with Gasteiger partial charge in [0.25, 0.3) is 0 Å². The Hall–Kier alpha value is -0.900. The van der Waals surface area contributed by atoms with Gasteiger partial charge in [0.2, 0.25) is 0 Å². The molecule has 0 aromatic heterocycles. The summed E-state index contributed by atoms with van der Waals surface area (Å²) in [5, 5.41) is 19.3. The smallest absolute Gasteiger partial charge is 0.0802 e. The second kappa shape index (κ2) is 7.77. The van der Waals surface area contributed by atoms with Crippen molar-refractivity contribution < 1.29 is 10.2 Å². The molecule has 2 atom stereocenters. The maximum atomic E-state index is 10.2. The quantitative estimate of drug-likeness (QED) is 0.839. The van der Waals surface area contributed by atoms with Gasteiger partial charge in [-0.1, -0.05) is 29.8 Å². The standard InChI is InChI=1S/C17H27NO2/c1-14-4-6-16(7-5-14)17(20)8-11-18-10-2-3-15(13-18)9-12-19/h4-7,15,17,19-20H,2-3,8-13H2,1H3. The number of piperidine rings is 1. The van der Waals surface area contributed by atoms with Crippen molar-refractivity contribution in [3.05, 3.63) is 35.4 Å². The highest BCUT2D eigenvalue weighted by Gasteiger charge is 2.20. The molecule has 0 saturated carbocycles. The maximum absolute atomic E-state index is 10.2. The van der Waals surface area contributed by atoms with E-state index < -0.39 is 0 Å². The first-order chi connectivity index (χ1) is 9.69. The molecule has 0 amide bonds. The Morgan fingerprint density at radius 2 is 2.05 bits per heavy atom. The third-order valence-corrected chi connectivity index (χ3v) is 4.32. The zero-order valence-electron chi connectivity index (χ0n) is 12.5. The average molecular weight is 277 g/mol. The summed E-state index contributed by atoms with van der Waals surface area (Å²) in [6.07, 6.45) is 3.78. The van der Waals surface area contributed by atoms with Gasteiger partial charge in [-0.3, -0.25) is 0 Å². The predicted octanol–water partition coefficient (Wildman–Crippen LogP) is 2.51. The zero-order valence-corrected chi connectivity index (χ0v) is 12.5. The van der Waals surface area contributed by atoms with E-state index in [9.17, 15) is 5.11 Å². The molecule has 3 heteroatoms. The fraction of sp³-hybridized carbons (Fsp3) is 0.647. The van der Waals surface area contributed by atoms with Crippen molar-refractivity contribution in [1.82, 2.24) is 4.90 Å². The van der Waals surface area contributed by atoms with Crippen LogP contribution in [0.1, 0.15) is 42.9 Å². The number of hydrogen-bond donors (Lipinski definition) is 2. The van der Waals surface area contributed by atoms with Gasteiger partial charge in [0.05, 0.1) is 6.10 Å². The van der Waals surface area contributed by atoms with E-state index in [1.807, 2.05) is 12.1 Å². The van der Waals surface area contributed by atoms with Crippen molar-refractivity contribution in [3.8, 4) is 0 Å². The minimum atomic E-state index is -0.367. The third kappa shape index (κ3) is 4.58. The molecule has 1 saturated heterocycles. The summed E-state index contributed by atoms with van der Waals surface area (Å²) in [4.78, 5) is 2.43. The van der Waals surface area contributed by atoms with Crippen molar-refractivity contribution in [2.75, 3.05) is 26.2 Å². The molecule has 1 aliphatic heterocycles. The van der Waals surface area contributed by atoms with E-state index in [0.717, 1.165) is 38.0 Å². The van der Waals surface area contributed by atoms with Crippen LogP contribution in [-0.2, 0) is 0 Å². The van der Waals surface area contributed by atoms with Crippen molar-refractivity contribution >= 4 is 0 Å². The molecule has 3 nitrogen and oxygen atoms in total. The first-order valence-electron chi connectivity index (χ1n) is 7.77. The van der Waals surface area contributed by atoms with Crippen LogP contribution < -0.4 is 0 Å². The van der Waals surface area contributed by atoms with Crippen molar-refractivity contribution in [2.24, 2.45) is 5.92 Å². The number of aryl methyl sites for hydroxylation is 1. The SMILES string of the molecule is Cc1ccc(C(O)CCN2CCCC(CCO)C2)cc1. The highest BCUT2D eigenvalue weighted by molar-refractivity contribution is 5.23. The molecule has 20 heavy (non-hydrogen) atoms. The fourth-order valence-electron chi connectivity index (χ4n) is 3.03. The predicted molar refractivity (Wildman–Crippen MR) is 81.6 cm³/mol. The topological polar surface area (TPSA) is 43.7 Å². The summed E-state index contributed by atoms with van der Waals surface area (Å²) in [6.45, 7) is 5.50. The molecule has 1 aromatic carbocycles. The lowest BCUT2D eigenvalue weighted by molar-refractivity contribution is 0.110. The molecule has 1 aromatic rings. The van der Waals surface area contributed by atoms with Crippen LogP contribution in [0.3, 0.4) is 0 Å². The van der Waals surface area contributed by atoms with Crippen LogP contribution in [0.25, 0.3) is 0 Å². The van der Waals surface area contributed by atoms with Crippen LogP contribution in [0.5, 0.6) is 0 Å². The van der Waals surface area contributed by atoms with Gasteiger partial charge in [-0.05, 0) is 50.6 Å². The Bertz CT molecular complexity index is 388. The maximum Gasteiger partial charge on any atom is 0.0802 e. The highest BCUT2D eigenvalue weighted by atomic mass is 16.3. The number of aliphatic hydroxyl groups is 2. The molecule has 1 fully saturated rings. The van der Waals surface area contributed by atoms with Crippen LogP contribution in [0.15, 0.2) is 24.3 Å². The summed E-state index contributed by atoms with van der Waals surface area (Å²) in [5.41, 5.74) is 2.24. The molecule has 0 bridgehead atoms. The van der Waals surface area contributed by atoms with Crippen molar-refractivity contribution in [2.45, 2.75) is 38.7 Å². The first kappa shape index (κ1) is 15.5. The van der Waals surface area contributed by atoms with Crippen molar-refractivity contribution in [1.29, 1.82) is 0 Å². The normalized spacial score (nSPS) is 21.9. The molecule has 0 spiro atoms.